The van der Waals surface area contributed by atoms with E-state index in [4.69, 9.17) is 5.11 Å². The summed E-state index contributed by atoms with van der Waals surface area (Å²) in [6.07, 6.45) is 0. The second-order valence-electron chi connectivity index (χ2n) is 2.31. The summed E-state index contributed by atoms with van der Waals surface area (Å²) in [5.74, 6) is 0. The number of aliphatic hydroxyl groups excluding tert-OH is 1. The first-order chi connectivity index (χ1) is 5.90. The molecule has 0 radical (unpaired) electrons. The lowest BCUT2D eigenvalue weighted by Gasteiger charge is -1.86. The second-order valence-corrected chi connectivity index (χ2v) is 3.95. The fourth-order valence-corrected chi connectivity index (χ4v) is 2.42. The van der Waals surface area contributed by atoms with Crippen molar-refractivity contribution in [3.8, 4) is 10.6 Å². The van der Waals surface area contributed by atoms with Gasteiger partial charge >= 0.3 is 0 Å². The molecule has 0 fully saturated rings. The fraction of sp³-hybridized carbons (Fsp3) is 0.125. The molecule has 0 aromatic carbocycles. The zero-order valence-electron chi connectivity index (χ0n) is 6.23. The highest BCUT2D eigenvalue weighted by molar-refractivity contribution is 7.14. The Balaban J connectivity index is 2.35. The average Bonchev–Trinajstić information content (AvgIpc) is 2.75. The summed E-state index contributed by atoms with van der Waals surface area (Å²) >= 11 is 3.22. The Morgan fingerprint density at radius 1 is 1.42 bits per heavy atom. The lowest BCUT2D eigenvalue weighted by Crippen LogP contribution is -1.81. The van der Waals surface area contributed by atoms with Gasteiger partial charge in [-0.05, 0) is 11.4 Å². The van der Waals surface area contributed by atoms with Gasteiger partial charge in [-0.1, -0.05) is 0 Å². The smallest absolute Gasteiger partial charge is 0.124 e. The van der Waals surface area contributed by atoms with Crippen molar-refractivity contribution in [3.63, 3.8) is 0 Å². The van der Waals surface area contributed by atoms with E-state index >= 15 is 0 Å². The molecule has 2 aromatic heterocycles. The first-order valence-electron chi connectivity index (χ1n) is 3.48. The lowest BCUT2D eigenvalue weighted by atomic mass is 10.4. The fourth-order valence-electron chi connectivity index (χ4n) is 0.898. The molecule has 0 saturated carbocycles. The van der Waals surface area contributed by atoms with Crippen molar-refractivity contribution in [2.75, 3.05) is 0 Å². The first kappa shape index (κ1) is 7.91. The molecule has 2 aromatic rings. The van der Waals surface area contributed by atoms with Gasteiger partial charge in [0, 0.05) is 16.3 Å². The third kappa shape index (κ3) is 1.41. The van der Waals surface area contributed by atoms with E-state index in [1.807, 2.05) is 16.8 Å². The molecular weight excluding hydrogens is 190 g/mol. The van der Waals surface area contributed by atoms with Crippen LogP contribution in [0.25, 0.3) is 10.6 Å². The predicted molar refractivity (Wildman–Crippen MR) is 51.3 cm³/mol. The highest BCUT2D eigenvalue weighted by Gasteiger charge is 2.03. The van der Waals surface area contributed by atoms with Gasteiger partial charge in [0.1, 0.15) is 5.01 Å². The molecule has 12 heavy (non-hydrogen) atoms. The van der Waals surface area contributed by atoms with Crippen LogP contribution >= 0.6 is 22.7 Å². The highest BCUT2D eigenvalue weighted by Crippen LogP contribution is 2.25. The predicted octanol–water partition coefficient (Wildman–Crippen LogP) is 2.36. The first-order valence-corrected chi connectivity index (χ1v) is 5.30. The van der Waals surface area contributed by atoms with Crippen LogP contribution in [0.2, 0.25) is 0 Å². The van der Waals surface area contributed by atoms with Gasteiger partial charge < -0.3 is 5.11 Å². The van der Waals surface area contributed by atoms with Crippen LogP contribution in [-0.4, -0.2) is 10.1 Å². The van der Waals surface area contributed by atoms with Crippen LogP contribution < -0.4 is 0 Å². The Bertz CT molecular complexity index is 353. The normalized spacial score (nSPS) is 10.4. The monoisotopic (exact) mass is 197 g/mol. The van der Waals surface area contributed by atoms with Crippen molar-refractivity contribution in [2.24, 2.45) is 0 Å². The minimum absolute atomic E-state index is 0.0284. The topological polar surface area (TPSA) is 33.1 Å². The van der Waals surface area contributed by atoms with Crippen molar-refractivity contribution in [1.82, 2.24) is 4.98 Å². The van der Waals surface area contributed by atoms with Gasteiger partial charge in [0.2, 0.25) is 0 Å². The van der Waals surface area contributed by atoms with E-state index in [2.05, 4.69) is 10.4 Å². The molecule has 2 rings (SSSR count). The van der Waals surface area contributed by atoms with Gasteiger partial charge in [-0.25, -0.2) is 4.98 Å². The second kappa shape index (κ2) is 3.35. The van der Waals surface area contributed by atoms with Crippen molar-refractivity contribution in [2.45, 2.75) is 6.61 Å². The molecule has 0 saturated heterocycles. The minimum Gasteiger partial charge on any atom is -0.390 e. The number of rotatable bonds is 2. The molecule has 62 valence electrons. The Labute approximate surface area is 78.1 Å². The van der Waals surface area contributed by atoms with E-state index in [-0.39, 0.29) is 6.61 Å². The molecule has 0 unspecified atom stereocenters. The zero-order valence-corrected chi connectivity index (χ0v) is 7.86. The van der Waals surface area contributed by atoms with Crippen LogP contribution in [0.4, 0.5) is 0 Å². The maximum atomic E-state index is 8.80. The van der Waals surface area contributed by atoms with Gasteiger partial charge in [-0.2, -0.15) is 11.3 Å². The number of hydrogen-bond donors (Lipinski definition) is 1. The molecule has 0 aliphatic rings. The highest BCUT2D eigenvalue weighted by atomic mass is 32.1. The van der Waals surface area contributed by atoms with Gasteiger partial charge in [-0.15, -0.1) is 11.3 Å². The summed E-state index contributed by atoms with van der Waals surface area (Å²) in [6, 6.07) is 2.03. The third-order valence-electron chi connectivity index (χ3n) is 1.48. The lowest BCUT2D eigenvalue weighted by molar-refractivity contribution is 0.278. The maximum absolute atomic E-state index is 8.80. The van der Waals surface area contributed by atoms with Crippen LogP contribution in [0.5, 0.6) is 0 Å². The largest absolute Gasteiger partial charge is 0.390 e. The Hall–Kier alpha value is -0.710. The molecule has 4 heteroatoms. The number of thiazole rings is 1. The molecule has 0 aliphatic carbocycles. The van der Waals surface area contributed by atoms with E-state index in [0.29, 0.717) is 0 Å². The molecule has 0 amide bonds. The van der Waals surface area contributed by atoms with Gasteiger partial charge in [0.05, 0.1) is 12.3 Å². The molecule has 2 heterocycles. The Morgan fingerprint density at radius 2 is 2.33 bits per heavy atom. The molecule has 1 N–H and O–H groups in total. The Kier molecular flexibility index (Phi) is 2.21. The molecule has 0 aliphatic heterocycles. The molecule has 0 atom stereocenters. The van der Waals surface area contributed by atoms with Crippen molar-refractivity contribution in [3.05, 3.63) is 27.9 Å². The molecule has 2 nitrogen and oxygen atoms in total. The summed E-state index contributed by atoms with van der Waals surface area (Å²) in [4.78, 5) is 4.25. The van der Waals surface area contributed by atoms with E-state index in [1.165, 1.54) is 0 Å². The average molecular weight is 197 g/mol. The van der Waals surface area contributed by atoms with Crippen LogP contribution in [-0.2, 0) is 6.61 Å². The summed E-state index contributed by atoms with van der Waals surface area (Å²) < 4.78 is 0. The minimum atomic E-state index is 0.0284. The van der Waals surface area contributed by atoms with Gasteiger partial charge in [0.15, 0.2) is 0 Å². The molecule has 0 spiro atoms. The third-order valence-corrected chi connectivity index (χ3v) is 3.11. The summed E-state index contributed by atoms with van der Waals surface area (Å²) in [5, 5.41) is 15.7. The van der Waals surface area contributed by atoms with Crippen LogP contribution in [0.3, 0.4) is 0 Å². The number of nitrogens with zero attached hydrogens (tertiary/aromatic N) is 1. The molecule has 0 bridgehead atoms. The maximum Gasteiger partial charge on any atom is 0.124 e. The van der Waals surface area contributed by atoms with E-state index < -0.39 is 0 Å². The van der Waals surface area contributed by atoms with E-state index in [1.54, 1.807) is 22.7 Å². The number of thiophene rings is 1. The van der Waals surface area contributed by atoms with E-state index in [0.717, 1.165) is 16.3 Å². The van der Waals surface area contributed by atoms with Gasteiger partial charge in [-0.3, -0.25) is 0 Å². The van der Waals surface area contributed by atoms with Crippen LogP contribution in [0.15, 0.2) is 22.2 Å². The Morgan fingerprint density at radius 3 is 2.92 bits per heavy atom. The number of hydrogen-bond acceptors (Lipinski definition) is 4. The SMILES string of the molecule is OCc1csc(-c2ccsc2)n1. The van der Waals surface area contributed by atoms with Crippen molar-refractivity contribution < 1.29 is 5.11 Å². The summed E-state index contributed by atoms with van der Waals surface area (Å²) in [6.45, 7) is 0.0284. The van der Waals surface area contributed by atoms with Crippen molar-refractivity contribution in [1.29, 1.82) is 0 Å². The number of aromatic nitrogens is 1. The summed E-state index contributed by atoms with van der Waals surface area (Å²) in [5.41, 5.74) is 1.89. The molecular formula is C8H7NOS2. The quantitative estimate of drug-likeness (QED) is 0.801. The summed E-state index contributed by atoms with van der Waals surface area (Å²) in [7, 11) is 0. The van der Waals surface area contributed by atoms with Crippen LogP contribution in [0.1, 0.15) is 5.69 Å². The number of aliphatic hydroxyl groups is 1. The zero-order chi connectivity index (χ0) is 8.39. The van der Waals surface area contributed by atoms with Crippen molar-refractivity contribution >= 4 is 22.7 Å². The van der Waals surface area contributed by atoms with Gasteiger partial charge in [0.25, 0.3) is 0 Å². The standard InChI is InChI=1S/C8H7NOS2/c10-3-7-5-12-8(9-7)6-1-2-11-4-6/h1-2,4-5,10H,3H2. The van der Waals surface area contributed by atoms with Crippen LogP contribution in [0, 0.1) is 0 Å². The van der Waals surface area contributed by atoms with E-state index in [9.17, 15) is 0 Å².